The molecule has 0 saturated carbocycles. The Labute approximate surface area is 254 Å². The van der Waals surface area contributed by atoms with E-state index in [1.165, 1.54) is 0 Å². The molecule has 43 heavy (non-hydrogen) atoms. The zero-order chi connectivity index (χ0) is 31.7. The Morgan fingerprint density at radius 1 is 1.09 bits per heavy atom. The van der Waals surface area contributed by atoms with Gasteiger partial charge in [-0.05, 0) is 73.4 Å². The lowest BCUT2D eigenvalue weighted by Crippen LogP contribution is -2.55. The number of nitrogen functional groups attached to an aromatic ring is 1. The molecule has 0 aliphatic rings. The molecule has 238 valence electrons. The standard InChI is InChI=1S/C31H50N8O4/c1-8-42-18-25-37-26-27(38(25)19-31(6,7)39(21(4)5)29(33)40)23-14-13-22(17-24(23)36-28(26)32)43-16-12-10-9-11-15-34-30(41)35-20(2)3/h13-14,17,20-21H,8-12,15-16,18-19H2,1-7H3,(H2,32,36)(H2,33,40)(H2,34,35,41). The van der Waals surface area contributed by atoms with E-state index >= 15 is 0 Å². The predicted molar refractivity (Wildman–Crippen MR) is 171 cm³/mol. The summed E-state index contributed by atoms with van der Waals surface area (Å²) in [7, 11) is 0. The van der Waals surface area contributed by atoms with Crippen LogP contribution in [0.15, 0.2) is 18.2 Å². The number of nitrogens with two attached hydrogens (primary N) is 2. The Morgan fingerprint density at radius 3 is 2.47 bits per heavy atom. The lowest BCUT2D eigenvalue weighted by molar-refractivity contribution is 0.0975. The minimum Gasteiger partial charge on any atom is -0.494 e. The van der Waals surface area contributed by atoms with E-state index in [2.05, 4.69) is 20.2 Å². The second-order valence-corrected chi connectivity index (χ2v) is 12.1. The van der Waals surface area contributed by atoms with Crippen LogP contribution in [0.2, 0.25) is 0 Å². The number of ether oxygens (including phenoxy) is 2. The van der Waals surface area contributed by atoms with Crippen LogP contribution in [0, 0.1) is 0 Å². The summed E-state index contributed by atoms with van der Waals surface area (Å²) in [6.07, 6.45) is 3.83. The van der Waals surface area contributed by atoms with E-state index in [4.69, 9.17) is 25.9 Å². The van der Waals surface area contributed by atoms with Crippen molar-refractivity contribution >= 4 is 39.8 Å². The summed E-state index contributed by atoms with van der Waals surface area (Å²) in [6.45, 7) is 16.2. The molecule has 1 aromatic carbocycles. The van der Waals surface area contributed by atoms with E-state index < -0.39 is 11.6 Å². The number of unbranched alkanes of at least 4 members (excludes halogenated alkanes) is 3. The number of aromatic nitrogens is 3. The quantitative estimate of drug-likeness (QED) is 0.170. The smallest absolute Gasteiger partial charge is 0.315 e. The van der Waals surface area contributed by atoms with Gasteiger partial charge in [0.05, 0.1) is 23.2 Å². The van der Waals surface area contributed by atoms with Crippen LogP contribution in [0.1, 0.15) is 80.0 Å². The number of pyridine rings is 1. The van der Waals surface area contributed by atoms with Gasteiger partial charge in [0, 0.05) is 43.2 Å². The normalized spacial score (nSPS) is 11.9. The monoisotopic (exact) mass is 598 g/mol. The van der Waals surface area contributed by atoms with Crippen molar-refractivity contribution in [3.63, 3.8) is 0 Å². The first-order chi connectivity index (χ1) is 20.4. The van der Waals surface area contributed by atoms with E-state index in [9.17, 15) is 9.59 Å². The zero-order valence-corrected chi connectivity index (χ0v) is 26.8. The number of carbonyl (C=O) groups is 2. The first kappa shape index (κ1) is 33.7. The number of hydrogen-bond donors (Lipinski definition) is 4. The van der Waals surface area contributed by atoms with Crippen molar-refractivity contribution in [2.24, 2.45) is 5.73 Å². The maximum Gasteiger partial charge on any atom is 0.315 e. The number of urea groups is 2. The third-order valence-corrected chi connectivity index (χ3v) is 7.19. The fourth-order valence-electron chi connectivity index (χ4n) is 5.50. The summed E-state index contributed by atoms with van der Waals surface area (Å²) in [6, 6.07) is 5.25. The summed E-state index contributed by atoms with van der Waals surface area (Å²) < 4.78 is 13.9. The van der Waals surface area contributed by atoms with Crippen LogP contribution in [0.25, 0.3) is 21.9 Å². The zero-order valence-electron chi connectivity index (χ0n) is 26.8. The van der Waals surface area contributed by atoms with Gasteiger partial charge in [-0.15, -0.1) is 0 Å². The fraction of sp³-hybridized carbons (Fsp3) is 0.613. The molecule has 0 atom stereocenters. The Kier molecular flexibility index (Phi) is 11.8. The molecule has 2 heterocycles. The lowest BCUT2D eigenvalue weighted by Gasteiger charge is -2.41. The van der Waals surface area contributed by atoms with Gasteiger partial charge in [0.1, 0.15) is 23.7 Å². The minimum absolute atomic E-state index is 0.0892. The second-order valence-electron chi connectivity index (χ2n) is 12.1. The third kappa shape index (κ3) is 8.85. The number of benzene rings is 1. The number of rotatable bonds is 16. The molecule has 12 nitrogen and oxygen atoms in total. The fourth-order valence-corrected chi connectivity index (χ4v) is 5.50. The van der Waals surface area contributed by atoms with Gasteiger partial charge in [-0.25, -0.2) is 19.6 Å². The number of nitrogens with one attached hydrogen (secondary N) is 2. The lowest BCUT2D eigenvalue weighted by atomic mass is 10.0. The maximum absolute atomic E-state index is 12.4. The van der Waals surface area contributed by atoms with Gasteiger partial charge in [-0.3, -0.25) is 0 Å². The van der Waals surface area contributed by atoms with E-state index in [0.29, 0.717) is 61.3 Å². The van der Waals surface area contributed by atoms with Crippen molar-refractivity contribution in [3.05, 3.63) is 24.0 Å². The first-order valence-corrected chi connectivity index (χ1v) is 15.3. The van der Waals surface area contributed by atoms with Gasteiger partial charge in [0.25, 0.3) is 0 Å². The number of hydrogen-bond acceptors (Lipinski definition) is 7. The third-order valence-electron chi connectivity index (χ3n) is 7.19. The number of fused-ring (bicyclic) bond motifs is 3. The molecular formula is C31H50N8O4. The number of imidazole rings is 1. The van der Waals surface area contributed by atoms with Crippen LogP contribution >= 0.6 is 0 Å². The highest BCUT2D eigenvalue weighted by Gasteiger charge is 2.34. The van der Waals surface area contributed by atoms with E-state index in [-0.39, 0.29) is 18.1 Å². The Balaban J connectivity index is 1.77. The summed E-state index contributed by atoms with van der Waals surface area (Å²) in [4.78, 5) is 35.2. The molecule has 0 bridgehead atoms. The van der Waals surface area contributed by atoms with E-state index in [1.54, 1.807) is 4.90 Å². The Hall–Kier alpha value is -3.80. The van der Waals surface area contributed by atoms with Gasteiger partial charge in [-0.2, -0.15) is 0 Å². The topological polar surface area (TPSA) is 163 Å². The largest absolute Gasteiger partial charge is 0.494 e. The van der Waals surface area contributed by atoms with Crippen LogP contribution < -0.4 is 26.8 Å². The molecule has 12 heteroatoms. The molecule has 0 fully saturated rings. The molecule has 0 saturated heterocycles. The van der Waals surface area contributed by atoms with Crippen molar-refractivity contribution in [2.45, 2.75) is 105 Å². The molecule has 0 aliphatic carbocycles. The average Bonchev–Trinajstić information content (AvgIpc) is 3.25. The molecule has 3 rings (SSSR count). The number of nitrogens with zero attached hydrogens (tertiary/aromatic N) is 4. The second kappa shape index (κ2) is 15.1. The number of carbonyl (C=O) groups excluding carboxylic acids is 2. The van der Waals surface area contributed by atoms with Crippen LogP contribution in [0.3, 0.4) is 0 Å². The van der Waals surface area contributed by atoms with Gasteiger partial charge in [0.15, 0.2) is 5.82 Å². The molecule has 0 radical (unpaired) electrons. The highest BCUT2D eigenvalue weighted by molar-refractivity contribution is 6.07. The van der Waals surface area contributed by atoms with Gasteiger partial charge >= 0.3 is 12.1 Å². The summed E-state index contributed by atoms with van der Waals surface area (Å²) in [5.41, 5.74) is 13.7. The summed E-state index contributed by atoms with van der Waals surface area (Å²) in [5.74, 6) is 1.74. The SMILES string of the molecule is CCOCc1nc2c(N)nc3cc(OCCCCCCNC(=O)NC(C)C)ccc3c2n1CC(C)(C)N(C(N)=O)C(C)C. The summed E-state index contributed by atoms with van der Waals surface area (Å²) in [5, 5.41) is 6.57. The van der Waals surface area contributed by atoms with Crippen molar-refractivity contribution in [3.8, 4) is 5.75 Å². The maximum atomic E-state index is 12.4. The van der Waals surface area contributed by atoms with Gasteiger partial charge in [-0.1, -0.05) is 12.8 Å². The van der Waals surface area contributed by atoms with Crippen molar-refractivity contribution in [1.82, 2.24) is 30.1 Å². The number of amides is 4. The van der Waals surface area contributed by atoms with Gasteiger partial charge < -0.3 is 41.0 Å². The van der Waals surface area contributed by atoms with Crippen LogP contribution in [-0.2, 0) is 17.9 Å². The minimum atomic E-state index is -0.626. The van der Waals surface area contributed by atoms with Crippen molar-refractivity contribution in [2.75, 3.05) is 25.5 Å². The molecule has 3 aromatic rings. The molecule has 0 unspecified atom stereocenters. The van der Waals surface area contributed by atoms with Crippen molar-refractivity contribution in [1.29, 1.82) is 0 Å². The van der Waals surface area contributed by atoms with E-state index in [1.807, 2.05) is 66.7 Å². The predicted octanol–water partition coefficient (Wildman–Crippen LogP) is 4.92. The van der Waals surface area contributed by atoms with Crippen LogP contribution in [-0.4, -0.2) is 68.9 Å². The molecule has 0 spiro atoms. The van der Waals surface area contributed by atoms with Crippen LogP contribution in [0.5, 0.6) is 5.75 Å². The summed E-state index contributed by atoms with van der Waals surface area (Å²) >= 11 is 0. The first-order valence-electron chi connectivity index (χ1n) is 15.3. The average molecular weight is 599 g/mol. The molecule has 2 aromatic heterocycles. The van der Waals surface area contributed by atoms with Crippen LogP contribution in [0.4, 0.5) is 15.4 Å². The molecular weight excluding hydrogens is 548 g/mol. The number of primary amides is 1. The molecule has 6 N–H and O–H groups in total. The highest BCUT2D eigenvalue weighted by Crippen LogP contribution is 2.33. The molecule has 0 aliphatic heterocycles. The highest BCUT2D eigenvalue weighted by atomic mass is 16.5. The number of anilines is 1. The van der Waals surface area contributed by atoms with Gasteiger partial charge in [0.2, 0.25) is 0 Å². The molecule has 4 amide bonds. The van der Waals surface area contributed by atoms with E-state index in [0.717, 1.165) is 36.6 Å². The Morgan fingerprint density at radius 2 is 1.81 bits per heavy atom. The Bertz CT molecular complexity index is 1390. The van der Waals surface area contributed by atoms with Crippen molar-refractivity contribution < 1.29 is 19.1 Å².